The molecule has 0 spiro atoms. The van der Waals surface area contributed by atoms with E-state index in [9.17, 15) is 4.79 Å². The highest BCUT2D eigenvalue weighted by atomic mass is 16.2. The van der Waals surface area contributed by atoms with Gasteiger partial charge in [-0.05, 0) is 25.7 Å². The topological polar surface area (TPSA) is 20.3 Å². The first kappa shape index (κ1) is 8.79. The zero-order valence-electron chi connectivity index (χ0n) is 8.04. The Labute approximate surface area is 79.6 Å². The SMILES string of the molecule is O=C1CCCCCC2CCC=CN12. The number of fused-ring (bicyclic) bond motifs is 1. The summed E-state index contributed by atoms with van der Waals surface area (Å²) >= 11 is 0. The van der Waals surface area contributed by atoms with Crippen molar-refractivity contribution in [1.29, 1.82) is 0 Å². The molecule has 2 heterocycles. The first-order chi connectivity index (χ1) is 6.38. The van der Waals surface area contributed by atoms with Gasteiger partial charge in [-0.25, -0.2) is 0 Å². The van der Waals surface area contributed by atoms with Crippen LogP contribution in [0, 0.1) is 0 Å². The highest BCUT2D eigenvalue weighted by Gasteiger charge is 2.24. The molecule has 0 aliphatic carbocycles. The van der Waals surface area contributed by atoms with Crippen molar-refractivity contribution in [3.63, 3.8) is 0 Å². The average Bonchev–Trinajstić information content (AvgIpc) is 2.14. The third-order valence-electron chi connectivity index (χ3n) is 3.04. The predicted octanol–water partition coefficient (Wildman–Crippen LogP) is 2.46. The van der Waals surface area contributed by atoms with E-state index in [0.717, 1.165) is 19.3 Å². The predicted molar refractivity (Wildman–Crippen MR) is 52.1 cm³/mol. The van der Waals surface area contributed by atoms with Gasteiger partial charge >= 0.3 is 0 Å². The fourth-order valence-electron chi connectivity index (χ4n) is 2.27. The van der Waals surface area contributed by atoms with Gasteiger partial charge in [0, 0.05) is 18.7 Å². The van der Waals surface area contributed by atoms with Gasteiger partial charge < -0.3 is 4.90 Å². The van der Waals surface area contributed by atoms with Crippen LogP contribution in [0.25, 0.3) is 0 Å². The second-order valence-electron chi connectivity index (χ2n) is 4.02. The molecule has 2 heteroatoms. The molecule has 0 N–H and O–H groups in total. The van der Waals surface area contributed by atoms with Crippen molar-refractivity contribution in [2.75, 3.05) is 0 Å². The smallest absolute Gasteiger partial charge is 0.226 e. The van der Waals surface area contributed by atoms with Crippen LogP contribution in [-0.2, 0) is 4.79 Å². The van der Waals surface area contributed by atoms with Crippen molar-refractivity contribution < 1.29 is 4.79 Å². The molecule has 13 heavy (non-hydrogen) atoms. The number of hydrogen-bond donors (Lipinski definition) is 0. The van der Waals surface area contributed by atoms with Crippen LogP contribution in [-0.4, -0.2) is 16.8 Å². The summed E-state index contributed by atoms with van der Waals surface area (Å²) in [5, 5.41) is 0. The molecule has 0 aromatic heterocycles. The Morgan fingerprint density at radius 1 is 1.23 bits per heavy atom. The van der Waals surface area contributed by atoms with E-state index in [1.165, 1.54) is 25.7 Å². The standard InChI is InChI=1S/C11H17NO/c13-11-8-3-1-2-6-10-7-4-5-9-12(10)11/h5,9-10H,1-4,6-8H2. The lowest BCUT2D eigenvalue weighted by Gasteiger charge is -2.33. The molecule has 2 rings (SSSR count). The van der Waals surface area contributed by atoms with E-state index in [-0.39, 0.29) is 0 Å². The van der Waals surface area contributed by atoms with E-state index in [2.05, 4.69) is 6.08 Å². The van der Waals surface area contributed by atoms with Gasteiger partial charge in [-0.15, -0.1) is 0 Å². The summed E-state index contributed by atoms with van der Waals surface area (Å²) in [7, 11) is 0. The Balaban J connectivity index is 2.09. The van der Waals surface area contributed by atoms with Gasteiger partial charge in [-0.2, -0.15) is 0 Å². The van der Waals surface area contributed by atoms with Gasteiger partial charge in [0.2, 0.25) is 5.91 Å². The van der Waals surface area contributed by atoms with E-state index in [1.54, 1.807) is 0 Å². The van der Waals surface area contributed by atoms with Gasteiger partial charge in [0.15, 0.2) is 0 Å². The number of allylic oxidation sites excluding steroid dienone is 1. The summed E-state index contributed by atoms with van der Waals surface area (Å²) in [6.45, 7) is 0. The van der Waals surface area contributed by atoms with Crippen LogP contribution in [0.15, 0.2) is 12.3 Å². The Kier molecular flexibility index (Phi) is 2.67. The quantitative estimate of drug-likeness (QED) is 0.559. The zero-order chi connectivity index (χ0) is 9.10. The maximum absolute atomic E-state index is 11.7. The average molecular weight is 179 g/mol. The maximum atomic E-state index is 11.7. The summed E-state index contributed by atoms with van der Waals surface area (Å²) < 4.78 is 0. The lowest BCUT2D eigenvalue weighted by Crippen LogP contribution is -2.38. The Bertz CT molecular complexity index is 222. The normalized spacial score (nSPS) is 29.4. The Morgan fingerprint density at radius 2 is 2.15 bits per heavy atom. The minimum Gasteiger partial charge on any atom is -0.316 e. The van der Waals surface area contributed by atoms with E-state index in [0.29, 0.717) is 11.9 Å². The largest absolute Gasteiger partial charge is 0.316 e. The van der Waals surface area contributed by atoms with Gasteiger partial charge in [0.25, 0.3) is 0 Å². The van der Waals surface area contributed by atoms with Gasteiger partial charge in [0.1, 0.15) is 0 Å². The maximum Gasteiger partial charge on any atom is 0.226 e. The Morgan fingerprint density at radius 3 is 3.08 bits per heavy atom. The second-order valence-corrected chi connectivity index (χ2v) is 4.02. The second kappa shape index (κ2) is 3.95. The third kappa shape index (κ3) is 1.93. The van der Waals surface area contributed by atoms with Crippen molar-refractivity contribution in [2.45, 2.75) is 51.0 Å². The summed E-state index contributed by atoms with van der Waals surface area (Å²) in [6, 6.07) is 0.512. The molecule has 2 aliphatic heterocycles. The highest BCUT2D eigenvalue weighted by molar-refractivity contribution is 5.77. The lowest BCUT2D eigenvalue weighted by molar-refractivity contribution is -0.131. The number of nitrogens with zero attached hydrogens (tertiary/aromatic N) is 1. The summed E-state index contributed by atoms with van der Waals surface area (Å²) in [5.41, 5.74) is 0. The third-order valence-corrected chi connectivity index (χ3v) is 3.04. The lowest BCUT2D eigenvalue weighted by atomic mass is 9.96. The molecule has 0 saturated carbocycles. The molecule has 0 radical (unpaired) electrons. The molecule has 1 atom stereocenters. The van der Waals surface area contributed by atoms with Crippen LogP contribution in [0.3, 0.4) is 0 Å². The zero-order valence-corrected chi connectivity index (χ0v) is 8.04. The molecule has 1 unspecified atom stereocenters. The summed E-state index contributed by atoms with van der Waals surface area (Å²) in [6.07, 6.45) is 12.0. The fraction of sp³-hybridized carbons (Fsp3) is 0.727. The van der Waals surface area contributed by atoms with Gasteiger partial charge in [-0.3, -0.25) is 4.79 Å². The van der Waals surface area contributed by atoms with Gasteiger partial charge in [-0.1, -0.05) is 18.9 Å². The van der Waals surface area contributed by atoms with Crippen LogP contribution in [0.2, 0.25) is 0 Å². The van der Waals surface area contributed by atoms with E-state index in [4.69, 9.17) is 0 Å². The minimum absolute atomic E-state index is 0.334. The Hall–Kier alpha value is -0.790. The molecule has 0 aromatic carbocycles. The summed E-state index contributed by atoms with van der Waals surface area (Å²) in [4.78, 5) is 13.7. The molecule has 1 fully saturated rings. The molecule has 1 amide bonds. The molecule has 2 aliphatic rings. The highest BCUT2D eigenvalue weighted by Crippen LogP contribution is 2.24. The minimum atomic E-state index is 0.334. The number of carbonyl (C=O) groups excluding carboxylic acids is 1. The van der Waals surface area contributed by atoms with Crippen molar-refractivity contribution >= 4 is 5.91 Å². The first-order valence-electron chi connectivity index (χ1n) is 5.36. The van der Waals surface area contributed by atoms with Crippen LogP contribution in [0.1, 0.15) is 44.9 Å². The van der Waals surface area contributed by atoms with Gasteiger partial charge in [0.05, 0.1) is 0 Å². The van der Waals surface area contributed by atoms with Crippen molar-refractivity contribution in [3.8, 4) is 0 Å². The number of hydrogen-bond acceptors (Lipinski definition) is 1. The molecule has 0 bridgehead atoms. The van der Waals surface area contributed by atoms with Crippen LogP contribution >= 0.6 is 0 Å². The van der Waals surface area contributed by atoms with Crippen molar-refractivity contribution in [3.05, 3.63) is 12.3 Å². The number of amides is 1. The number of rotatable bonds is 0. The van der Waals surface area contributed by atoms with E-state index in [1.807, 2.05) is 11.1 Å². The fourth-order valence-corrected chi connectivity index (χ4v) is 2.27. The molecular formula is C11H17NO. The van der Waals surface area contributed by atoms with E-state index >= 15 is 0 Å². The van der Waals surface area contributed by atoms with Crippen LogP contribution in [0.5, 0.6) is 0 Å². The van der Waals surface area contributed by atoms with Crippen molar-refractivity contribution in [1.82, 2.24) is 4.90 Å². The molecular weight excluding hydrogens is 162 g/mol. The number of carbonyl (C=O) groups is 1. The summed E-state index contributed by atoms with van der Waals surface area (Å²) in [5.74, 6) is 0.334. The molecule has 2 nitrogen and oxygen atoms in total. The monoisotopic (exact) mass is 179 g/mol. The molecule has 0 aromatic rings. The van der Waals surface area contributed by atoms with Crippen molar-refractivity contribution in [2.24, 2.45) is 0 Å². The van der Waals surface area contributed by atoms with E-state index < -0.39 is 0 Å². The van der Waals surface area contributed by atoms with Crippen LogP contribution < -0.4 is 0 Å². The molecule has 72 valence electrons. The van der Waals surface area contributed by atoms with Crippen LogP contribution in [0.4, 0.5) is 0 Å². The first-order valence-corrected chi connectivity index (χ1v) is 5.36. The molecule has 1 saturated heterocycles.